The predicted molar refractivity (Wildman–Crippen MR) is 161 cm³/mol. The fourth-order valence-electron chi connectivity index (χ4n) is 4.38. The van der Waals surface area contributed by atoms with Crippen LogP contribution >= 0.6 is 0 Å². The molecule has 0 radical (unpaired) electrons. The zero-order valence-corrected chi connectivity index (χ0v) is 26.0. The molecule has 0 bridgehead atoms. The Balaban J connectivity index is 2.00. The minimum atomic E-state index is -0.202. The Morgan fingerprint density at radius 3 is 1.67 bits per heavy atom. The van der Waals surface area contributed by atoms with Gasteiger partial charge in [-0.1, -0.05) is 103 Å². The van der Waals surface area contributed by atoms with Gasteiger partial charge < -0.3 is 23.4 Å². The molecule has 0 spiro atoms. The molecule has 0 aliphatic carbocycles. The maximum Gasteiger partial charge on any atom is 0.216 e. The van der Waals surface area contributed by atoms with Crippen molar-refractivity contribution in [3.05, 3.63) is 18.6 Å². The van der Waals surface area contributed by atoms with Crippen molar-refractivity contribution in [1.29, 1.82) is 0 Å². The minimum absolute atomic E-state index is 0.202. The van der Waals surface area contributed by atoms with Crippen LogP contribution in [0.15, 0.2) is 18.6 Å². The highest BCUT2D eigenvalue weighted by molar-refractivity contribution is 5.05. The Bertz CT molecular complexity index is 628. The van der Waals surface area contributed by atoms with Crippen molar-refractivity contribution in [1.82, 2.24) is 9.97 Å². The zero-order chi connectivity index (χ0) is 28.3. The summed E-state index contributed by atoms with van der Waals surface area (Å²) in [4.78, 5) is 8.12. The molecule has 0 saturated carbocycles. The molecular weight excluding hydrogens is 490 g/mol. The quantitative estimate of drug-likeness (QED) is 0.0771. The highest BCUT2D eigenvalue weighted by Crippen LogP contribution is 2.14. The Labute approximate surface area is 241 Å². The number of rotatable bonds is 29. The summed E-state index contributed by atoms with van der Waals surface area (Å²) in [7, 11) is 6.48. The first-order chi connectivity index (χ1) is 19.0. The molecule has 1 heterocycles. The van der Waals surface area contributed by atoms with Gasteiger partial charge in [0.1, 0.15) is 19.0 Å². The molecule has 1 rings (SSSR count). The van der Waals surface area contributed by atoms with E-state index in [1.165, 1.54) is 103 Å². The molecule has 7 heteroatoms. The average molecular weight is 553 g/mol. The number of hydrogen-bond acceptors (Lipinski definition) is 6. The minimum Gasteiger partial charge on any atom is -0.469 e. The summed E-state index contributed by atoms with van der Waals surface area (Å²) in [5, 5.41) is 0. The summed E-state index contributed by atoms with van der Waals surface area (Å²) >= 11 is 0. The third-order valence-electron chi connectivity index (χ3n) is 6.87. The van der Waals surface area contributed by atoms with Gasteiger partial charge in [0.15, 0.2) is 0 Å². The molecule has 0 aliphatic rings. The standard InChI is InChI=1S/C32H62N3O4/c1-5-6-7-8-9-10-11-12-13-14-15-16-17-18-19-20-24-37-28-31(39-32-21-22-33-30-34-32)29-38-27-26-36-25-23-35(2,3)4/h21-22,30-31H,5-20,23-29H2,1-4H3/q+1. The maximum atomic E-state index is 5.98. The molecular formula is C32H62N3O4+. The van der Waals surface area contributed by atoms with Crippen LogP contribution in [0.5, 0.6) is 5.88 Å². The first-order valence-electron chi connectivity index (χ1n) is 16.0. The molecule has 0 aliphatic heterocycles. The van der Waals surface area contributed by atoms with E-state index in [4.69, 9.17) is 18.9 Å². The SMILES string of the molecule is CCCCCCCCCCCCCCCCCCOCC(COCCOCC[N+](C)(C)C)Oc1ccncn1. The third-order valence-corrected chi connectivity index (χ3v) is 6.87. The van der Waals surface area contributed by atoms with Crippen LogP contribution in [0.4, 0.5) is 0 Å². The van der Waals surface area contributed by atoms with Gasteiger partial charge in [0, 0.05) is 18.9 Å². The van der Waals surface area contributed by atoms with Gasteiger partial charge >= 0.3 is 0 Å². The van der Waals surface area contributed by atoms with Gasteiger partial charge in [-0.05, 0) is 6.42 Å². The lowest BCUT2D eigenvalue weighted by Crippen LogP contribution is -2.37. The van der Waals surface area contributed by atoms with Crippen molar-refractivity contribution < 1.29 is 23.4 Å². The largest absolute Gasteiger partial charge is 0.469 e. The Hall–Kier alpha value is -1.28. The second kappa shape index (κ2) is 25.7. The highest BCUT2D eigenvalue weighted by atomic mass is 16.6. The average Bonchev–Trinajstić information content (AvgIpc) is 2.91. The van der Waals surface area contributed by atoms with Gasteiger partial charge in [-0.2, -0.15) is 0 Å². The van der Waals surface area contributed by atoms with E-state index in [0.29, 0.717) is 32.3 Å². The van der Waals surface area contributed by atoms with Crippen LogP contribution in [0.3, 0.4) is 0 Å². The highest BCUT2D eigenvalue weighted by Gasteiger charge is 2.13. The van der Waals surface area contributed by atoms with Gasteiger partial charge in [-0.25, -0.2) is 9.97 Å². The summed E-state index contributed by atoms with van der Waals surface area (Å²) in [5.41, 5.74) is 0. The molecule has 228 valence electrons. The van der Waals surface area contributed by atoms with Crippen LogP contribution in [-0.2, 0) is 14.2 Å². The number of quaternary nitrogens is 1. The van der Waals surface area contributed by atoms with Gasteiger partial charge in [-0.15, -0.1) is 0 Å². The number of ether oxygens (including phenoxy) is 4. The van der Waals surface area contributed by atoms with E-state index >= 15 is 0 Å². The van der Waals surface area contributed by atoms with E-state index in [-0.39, 0.29) is 6.10 Å². The smallest absolute Gasteiger partial charge is 0.216 e. The van der Waals surface area contributed by atoms with Crippen LogP contribution in [0.2, 0.25) is 0 Å². The summed E-state index contributed by atoms with van der Waals surface area (Å²) in [6.45, 7) is 6.82. The second-order valence-electron chi connectivity index (χ2n) is 11.9. The third kappa shape index (κ3) is 25.4. The normalized spacial score (nSPS) is 12.6. The molecule has 39 heavy (non-hydrogen) atoms. The Kier molecular flexibility index (Phi) is 23.5. The number of aromatic nitrogens is 2. The van der Waals surface area contributed by atoms with Crippen LogP contribution < -0.4 is 4.74 Å². The van der Waals surface area contributed by atoms with Crippen LogP contribution in [0.1, 0.15) is 110 Å². The summed E-state index contributed by atoms with van der Waals surface area (Å²) in [5.74, 6) is 0.545. The van der Waals surface area contributed by atoms with Crippen LogP contribution in [-0.4, -0.2) is 87.9 Å². The van der Waals surface area contributed by atoms with E-state index in [0.717, 1.165) is 30.7 Å². The summed E-state index contributed by atoms with van der Waals surface area (Å²) in [6, 6.07) is 1.76. The van der Waals surface area contributed by atoms with Crippen molar-refractivity contribution in [2.24, 2.45) is 0 Å². The monoisotopic (exact) mass is 552 g/mol. The fourth-order valence-corrected chi connectivity index (χ4v) is 4.38. The van der Waals surface area contributed by atoms with E-state index < -0.39 is 0 Å². The lowest BCUT2D eigenvalue weighted by atomic mass is 10.0. The Morgan fingerprint density at radius 2 is 1.15 bits per heavy atom. The van der Waals surface area contributed by atoms with Gasteiger partial charge in [0.05, 0.1) is 54.2 Å². The molecule has 1 aromatic heterocycles. The van der Waals surface area contributed by atoms with Gasteiger partial charge in [0.25, 0.3) is 0 Å². The number of unbranched alkanes of at least 4 members (excludes halogenated alkanes) is 15. The van der Waals surface area contributed by atoms with E-state index in [9.17, 15) is 0 Å². The van der Waals surface area contributed by atoms with Gasteiger partial charge in [-0.3, -0.25) is 0 Å². The maximum absolute atomic E-state index is 5.98. The summed E-state index contributed by atoms with van der Waals surface area (Å²) < 4.78 is 24.3. The fraction of sp³-hybridized carbons (Fsp3) is 0.875. The number of hydrogen-bond donors (Lipinski definition) is 0. The molecule has 1 aromatic rings. The van der Waals surface area contributed by atoms with Crippen molar-refractivity contribution >= 4 is 0 Å². The molecule has 0 amide bonds. The van der Waals surface area contributed by atoms with E-state index in [1.807, 2.05) is 0 Å². The predicted octanol–water partition coefficient (Wildman–Crippen LogP) is 7.24. The molecule has 0 aromatic carbocycles. The van der Waals surface area contributed by atoms with Crippen molar-refractivity contribution in [2.75, 3.05) is 67.3 Å². The summed E-state index contributed by atoms with van der Waals surface area (Å²) in [6.07, 6.45) is 25.0. The van der Waals surface area contributed by atoms with Crippen molar-refractivity contribution in [2.45, 2.75) is 116 Å². The van der Waals surface area contributed by atoms with Crippen molar-refractivity contribution in [3.8, 4) is 5.88 Å². The molecule has 7 nitrogen and oxygen atoms in total. The Morgan fingerprint density at radius 1 is 0.641 bits per heavy atom. The van der Waals surface area contributed by atoms with E-state index in [2.05, 4.69) is 38.0 Å². The lowest BCUT2D eigenvalue weighted by molar-refractivity contribution is -0.870. The van der Waals surface area contributed by atoms with Crippen molar-refractivity contribution in [3.63, 3.8) is 0 Å². The first-order valence-corrected chi connectivity index (χ1v) is 16.0. The molecule has 0 fully saturated rings. The van der Waals surface area contributed by atoms with E-state index in [1.54, 1.807) is 12.3 Å². The topological polar surface area (TPSA) is 62.7 Å². The molecule has 1 atom stereocenters. The molecule has 1 unspecified atom stereocenters. The van der Waals surface area contributed by atoms with Crippen LogP contribution in [0, 0.1) is 0 Å². The lowest BCUT2D eigenvalue weighted by Gasteiger charge is -2.23. The van der Waals surface area contributed by atoms with Crippen LogP contribution in [0.25, 0.3) is 0 Å². The second-order valence-corrected chi connectivity index (χ2v) is 11.9. The first kappa shape index (κ1) is 35.7. The number of nitrogens with zero attached hydrogens (tertiary/aromatic N) is 3. The zero-order valence-electron chi connectivity index (χ0n) is 26.0. The molecule has 0 N–H and O–H groups in total. The van der Waals surface area contributed by atoms with Gasteiger partial charge in [0.2, 0.25) is 5.88 Å². The number of likely N-dealkylation sites (N-methyl/N-ethyl adjacent to an activating group) is 1. The molecule has 0 saturated heterocycles.